The van der Waals surface area contributed by atoms with Crippen LogP contribution >= 0.6 is 0 Å². The first kappa shape index (κ1) is 26.4. The van der Waals surface area contributed by atoms with Crippen molar-refractivity contribution in [2.24, 2.45) is 17.8 Å². The van der Waals surface area contributed by atoms with Crippen molar-refractivity contribution in [3.63, 3.8) is 0 Å². The fraction of sp³-hybridized carbons (Fsp3) is 0.548. The van der Waals surface area contributed by atoms with Gasteiger partial charge in [-0.05, 0) is 86.1 Å². The maximum atomic E-state index is 12.9. The summed E-state index contributed by atoms with van der Waals surface area (Å²) in [7, 11) is 0. The van der Waals surface area contributed by atoms with E-state index in [1.807, 2.05) is 17.3 Å². The SMILES string of the molecule is CCc1cnc(N2CCC(COc3ccc(C4=CCC(C(=O)N5CCC(C=O)CC5)CC4)cc3)CC2)nc1. The summed E-state index contributed by atoms with van der Waals surface area (Å²) in [6.07, 6.45) is 14.5. The standard InChI is InChI=1S/C31H40N4O3/c1-2-23-19-32-31(33-20-23)35-17-13-25(14-18-35)22-38-29-9-7-27(8-10-29)26-3-5-28(6-4-26)30(37)34-15-11-24(21-36)12-16-34/h3,7-10,19-21,24-25,28H,2,4-6,11-18,22H2,1H3. The molecule has 7 heteroatoms. The van der Waals surface area contributed by atoms with E-state index in [2.05, 4.69) is 52.1 Å². The Morgan fingerprint density at radius 1 is 1.00 bits per heavy atom. The van der Waals surface area contributed by atoms with Gasteiger partial charge in [0.1, 0.15) is 12.0 Å². The van der Waals surface area contributed by atoms with Crippen LogP contribution in [0.25, 0.3) is 5.57 Å². The average molecular weight is 517 g/mol. The summed E-state index contributed by atoms with van der Waals surface area (Å²) in [5.74, 6) is 2.76. The van der Waals surface area contributed by atoms with Crippen molar-refractivity contribution in [1.82, 2.24) is 14.9 Å². The van der Waals surface area contributed by atoms with E-state index in [4.69, 9.17) is 4.74 Å². The molecule has 2 saturated heterocycles. The molecule has 5 rings (SSSR count). The third-order valence-electron chi connectivity index (χ3n) is 8.51. The Morgan fingerprint density at radius 3 is 2.32 bits per heavy atom. The largest absolute Gasteiger partial charge is 0.493 e. The van der Waals surface area contributed by atoms with E-state index < -0.39 is 0 Å². The van der Waals surface area contributed by atoms with E-state index in [1.54, 1.807) is 0 Å². The molecule has 1 atom stereocenters. The zero-order chi connectivity index (χ0) is 26.3. The van der Waals surface area contributed by atoms with Crippen molar-refractivity contribution < 1.29 is 14.3 Å². The van der Waals surface area contributed by atoms with Gasteiger partial charge in [0, 0.05) is 50.4 Å². The second kappa shape index (κ2) is 12.5. The van der Waals surface area contributed by atoms with Gasteiger partial charge in [-0.2, -0.15) is 0 Å². The number of ether oxygens (including phenoxy) is 1. The lowest BCUT2D eigenvalue weighted by Crippen LogP contribution is -2.42. The van der Waals surface area contributed by atoms with Crippen LogP contribution in [-0.4, -0.2) is 59.8 Å². The van der Waals surface area contributed by atoms with Crippen molar-refractivity contribution in [3.8, 4) is 5.75 Å². The van der Waals surface area contributed by atoms with Gasteiger partial charge in [-0.25, -0.2) is 9.97 Å². The number of allylic oxidation sites excluding steroid dienone is 2. The number of amides is 1. The summed E-state index contributed by atoms with van der Waals surface area (Å²) in [4.78, 5) is 37.2. The van der Waals surface area contributed by atoms with Crippen LogP contribution in [-0.2, 0) is 16.0 Å². The van der Waals surface area contributed by atoms with Crippen LogP contribution in [0.1, 0.15) is 63.0 Å². The molecule has 2 fully saturated rings. The van der Waals surface area contributed by atoms with Gasteiger partial charge in [0.2, 0.25) is 11.9 Å². The monoisotopic (exact) mass is 516 g/mol. The Bertz CT molecular complexity index is 1100. The van der Waals surface area contributed by atoms with Crippen molar-refractivity contribution in [3.05, 3.63) is 53.9 Å². The molecule has 3 aliphatic rings. The molecule has 0 bridgehead atoms. The molecule has 0 N–H and O–H groups in total. The number of aryl methyl sites for hydroxylation is 1. The number of carbonyl (C=O) groups is 2. The van der Waals surface area contributed by atoms with Crippen molar-refractivity contribution in [2.75, 3.05) is 37.7 Å². The first-order valence-electron chi connectivity index (χ1n) is 14.3. The Labute approximate surface area is 226 Å². The number of aromatic nitrogens is 2. The highest BCUT2D eigenvalue weighted by Crippen LogP contribution is 2.33. The predicted molar refractivity (Wildman–Crippen MR) is 149 cm³/mol. The number of nitrogens with zero attached hydrogens (tertiary/aromatic N) is 4. The molecule has 1 aromatic carbocycles. The van der Waals surface area contributed by atoms with Crippen LogP contribution < -0.4 is 9.64 Å². The molecule has 2 aliphatic heterocycles. The van der Waals surface area contributed by atoms with Crippen molar-refractivity contribution in [1.29, 1.82) is 0 Å². The minimum atomic E-state index is 0.0721. The molecule has 1 aromatic heterocycles. The summed E-state index contributed by atoms with van der Waals surface area (Å²) < 4.78 is 6.15. The quantitative estimate of drug-likeness (QED) is 0.462. The molecule has 0 radical (unpaired) electrons. The lowest BCUT2D eigenvalue weighted by Gasteiger charge is -2.33. The highest BCUT2D eigenvalue weighted by Gasteiger charge is 2.29. The second-order valence-corrected chi connectivity index (χ2v) is 11.0. The van der Waals surface area contributed by atoms with Gasteiger partial charge in [0.25, 0.3) is 0 Å². The molecule has 1 unspecified atom stereocenters. The van der Waals surface area contributed by atoms with Crippen molar-refractivity contribution in [2.45, 2.75) is 58.3 Å². The summed E-state index contributed by atoms with van der Waals surface area (Å²) in [6, 6.07) is 8.44. The number of aldehydes is 1. The third kappa shape index (κ3) is 6.43. The fourth-order valence-corrected chi connectivity index (χ4v) is 5.81. The number of hydrogen-bond acceptors (Lipinski definition) is 6. The molecule has 0 spiro atoms. The third-order valence-corrected chi connectivity index (χ3v) is 8.51. The molecular formula is C31H40N4O3. The first-order valence-corrected chi connectivity index (χ1v) is 14.3. The Hall–Kier alpha value is -3.22. The van der Waals surface area contributed by atoms with E-state index in [0.29, 0.717) is 5.92 Å². The first-order chi connectivity index (χ1) is 18.6. The highest BCUT2D eigenvalue weighted by atomic mass is 16.5. The van der Waals surface area contributed by atoms with E-state index in [0.717, 1.165) is 102 Å². The van der Waals surface area contributed by atoms with Gasteiger partial charge >= 0.3 is 0 Å². The molecule has 3 heterocycles. The van der Waals surface area contributed by atoms with E-state index >= 15 is 0 Å². The minimum Gasteiger partial charge on any atom is -0.493 e. The second-order valence-electron chi connectivity index (χ2n) is 11.0. The minimum absolute atomic E-state index is 0.0721. The zero-order valence-electron chi connectivity index (χ0n) is 22.6. The highest BCUT2D eigenvalue weighted by molar-refractivity contribution is 5.81. The summed E-state index contributed by atoms with van der Waals surface area (Å²) in [5.41, 5.74) is 3.71. The molecule has 1 amide bonds. The van der Waals surface area contributed by atoms with Crippen LogP contribution in [0.4, 0.5) is 5.95 Å². The topological polar surface area (TPSA) is 75.6 Å². The molecular weight excluding hydrogens is 476 g/mol. The molecule has 38 heavy (non-hydrogen) atoms. The number of hydrogen-bond donors (Lipinski definition) is 0. The summed E-state index contributed by atoms with van der Waals surface area (Å²) in [6.45, 7) is 6.22. The van der Waals surface area contributed by atoms with Crippen LogP contribution in [0.3, 0.4) is 0 Å². The van der Waals surface area contributed by atoms with Crippen LogP contribution in [0.2, 0.25) is 0 Å². The van der Waals surface area contributed by atoms with Crippen molar-refractivity contribution >= 4 is 23.7 Å². The molecule has 0 saturated carbocycles. The fourth-order valence-electron chi connectivity index (χ4n) is 5.81. The van der Waals surface area contributed by atoms with Gasteiger partial charge in [-0.1, -0.05) is 25.1 Å². The van der Waals surface area contributed by atoms with Gasteiger partial charge in [0.15, 0.2) is 0 Å². The molecule has 1 aliphatic carbocycles. The number of carbonyl (C=O) groups excluding carboxylic acids is 2. The molecule has 202 valence electrons. The smallest absolute Gasteiger partial charge is 0.226 e. The van der Waals surface area contributed by atoms with Gasteiger partial charge < -0.3 is 19.3 Å². The van der Waals surface area contributed by atoms with Gasteiger partial charge in [0.05, 0.1) is 6.61 Å². The molecule has 2 aromatic rings. The van der Waals surface area contributed by atoms with Crippen LogP contribution in [0, 0.1) is 17.8 Å². The van der Waals surface area contributed by atoms with Crippen LogP contribution in [0.5, 0.6) is 5.75 Å². The van der Waals surface area contributed by atoms with E-state index in [-0.39, 0.29) is 17.7 Å². The lowest BCUT2D eigenvalue weighted by molar-refractivity contribution is -0.137. The average Bonchev–Trinajstić information content (AvgIpc) is 3.00. The Balaban J connectivity index is 1.05. The number of likely N-dealkylation sites (tertiary alicyclic amines) is 1. The Kier molecular flexibility index (Phi) is 8.72. The van der Waals surface area contributed by atoms with Gasteiger partial charge in [-0.3, -0.25) is 4.79 Å². The maximum absolute atomic E-state index is 12.9. The number of piperidine rings is 2. The summed E-state index contributed by atoms with van der Waals surface area (Å²) >= 11 is 0. The van der Waals surface area contributed by atoms with E-state index in [1.165, 1.54) is 16.7 Å². The van der Waals surface area contributed by atoms with Crippen LogP contribution in [0.15, 0.2) is 42.7 Å². The predicted octanol–water partition coefficient (Wildman–Crippen LogP) is 4.96. The maximum Gasteiger partial charge on any atom is 0.226 e. The Morgan fingerprint density at radius 2 is 1.71 bits per heavy atom. The molecule has 7 nitrogen and oxygen atoms in total. The number of benzene rings is 1. The van der Waals surface area contributed by atoms with Gasteiger partial charge in [-0.15, -0.1) is 0 Å². The lowest BCUT2D eigenvalue weighted by atomic mass is 9.85. The van der Waals surface area contributed by atoms with E-state index in [9.17, 15) is 9.59 Å². The summed E-state index contributed by atoms with van der Waals surface area (Å²) in [5, 5.41) is 0. The zero-order valence-corrected chi connectivity index (χ0v) is 22.6. The number of anilines is 1. The number of rotatable bonds is 8. The normalized spacial score (nSPS) is 21.2.